The second-order valence-electron chi connectivity index (χ2n) is 5.23. The number of amides is 1. The van der Waals surface area contributed by atoms with E-state index in [4.69, 9.17) is 9.47 Å². The summed E-state index contributed by atoms with van der Waals surface area (Å²) >= 11 is 3.25. The first-order chi connectivity index (χ1) is 11.0. The lowest BCUT2D eigenvalue weighted by atomic mass is 9.90. The Hall–Kier alpha value is -1.63. The van der Waals surface area contributed by atoms with Gasteiger partial charge in [0, 0.05) is 12.1 Å². The Kier molecular flexibility index (Phi) is 5.98. The van der Waals surface area contributed by atoms with Gasteiger partial charge in [-0.15, -0.1) is 6.58 Å². The van der Waals surface area contributed by atoms with Gasteiger partial charge in [0.25, 0.3) is 5.91 Å². The molecule has 1 saturated heterocycles. The average Bonchev–Trinajstić information content (AvgIpc) is 2.52. The molecule has 0 unspecified atom stereocenters. The van der Waals surface area contributed by atoms with Gasteiger partial charge in [0.05, 0.1) is 25.9 Å². The molecule has 1 aliphatic rings. The smallest absolute Gasteiger partial charge is 0.258 e. The highest BCUT2D eigenvalue weighted by molar-refractivity contribution is 9.11. The Morgan fingerprint density at radius 3 is 2.65 bits per heavy atom. The van der Waals surface area contributed by atoms with Crippen molar-refractivity contribution in [2.45, 2.75) is 24.7 Å². The SMILES string of the molecule is C=CCO[C@H]1C(=O)N(c2ccc(OC)cc2)[C@H]1[C@H](O)CC(=C)Br. The van der Waals surface area contributed by atoms with Crippen LogP contribution in [0.3, 0.4) is 0 Å². The van der Waals surface area contributed by atoms with Crippen molar-refractivity contribution in [3.8, 4) is 5.75 Å². The lowest BCUT2D eigenvalue weighted by Gasteiger charge is -2.48. The van der Waals surface area contributed by atoms with Crippen molar-refractivity contribution in [3.05, 3.63) is 48.0 Å². The summed E-state index contributed by atoms with van der Waals surface area (Å²) in [7, 11) is 1.58. The van der Waals surface area contributed by atoms with Crippen LogP contribution in [0, 0.1) is 0 Å². The Bertz CT molecular complexity index is 587. The Morgan fingerprint density at radius 2 is 2.13 bits per heavy atom. The molecule has 124 valence electrons. The van der Waals surface area contributed by atoms with Gasteiger partial charge in [-0.1, -0.05) is 28.6 Å². The molecule has 0 aromatic heterocycles. The van der Waals surface area contributed by atoms with Gasteiger partial charge in [0.15, 0.2) is 6.10 Å². The van der Waals surface area contributed by atoms with Crippen molar-refractivity contribution in [2.75, 3.05) is 18.6 Å². The average molecular weight is 382 g/mol. The molecule has 0 radical (unpaired) electrons. The van der Waals surface area contributed by atoms with Crippen LogP contribution in [0.15, 0.2) is 48.0 Å². The summed E-state index contributed by atoms with van der Waals surface area (Å²) in [5.74, 6) is 0.522. The number of hydrogen-bond donors (Lipinski definition) is 1. The first-order valence-corrected chi connectivity index (χ1v) is 8.00. The fourth-order valence-electron chi connectivity index (χ4n) is 2.59. The van der Waals surface area contributed by atoms with Gasteiger partial charge < -0.3 is 19.5 Å². The summed E-state index contributed by atoms with van der Waals surface area (Å²) in [4.78, 5) is 14.0. The zero-order valence-corrected chi connectivity index (χ0v) is 14.5. The van der Waals surface area contributed by atoms with E-state index in [-0.39, 0.29) is 12.5 Å². The number of carbonyl (C=O) groups is 1. The summed E-state index contributed by atoms with van der Waals surface area (Å²) in [5, 5.41) is 10.4. The molecule has 2 rings (SSSR count). The molecule has 3 atom stereocenters. The van der Waals surface area contributed by atoms with E-state index in [1.165, 1.54) is 0 Å². The van der Waals surface area contributed by atoms with E-state index in [0.717, 1.165) is 0 Å². The predicted molar refractivity (Wildman–Crippen MR) is 92.9 cm³/mol. The summed E-state index contributed by atoms with van der Waals surface area (Å²) in [5.41, 5.74) is 0.693. The maximum absolute atomic E-state index is 12.4. The number of aliphatic hydroxyl groups is 1. The molecule has 0 aliphatic carbocycles. The highest BCUT2D eigenvalue weighted by Gasteiger charge is 2.52. The van der Waals surface area contributed by atoms with Crippen molar-refractivity contribution in [2.24, 2.45) is 0 Å². The number of nitrogens with zero attached hydrogens (tertiary/aromatic N) is 1. The summed E-state index contributed by atoms with van der Waals surface area (Å²) in [6.07, 6.45) is 0.447. The van der Waals surface area contributed by atoms with Gasteiger partial charge in [-0.3, -0.25) is 4.79 Å². The molecule has 5 nitrogen and oxygen atoms in total. The van der Waals surface area contributed by atoms with Crippen molar-refractivity contribution < 1.29 is 19.4 Å². The third-order valence-corrected chi connectivity index (χ3v) is 3.98. The molecule has 1 heterocycles. The molecular formula is C17H20BrNO4. The first kappa shape index (κ1) is 17.7. The number of methoxy groups -OCH3 is 1. The summed E-state index contributed by atoms with van der Waals surface area (Å²) < 4.78 is 11.3. The molecule has 1 aromatic carbocycles. The van der Waals surface area contributed by atoms with Crippen LogP contribution in [0.5, 0.6) is 5.75 Å². The van der Waals surface area contributed by atoms with Crippen LogP contribution >= 0.6 is 15.9 Å². The topological polar surface area (TPSA) is 59.0 Å². The highest BCUT2D eigenvalue weighted by Crippen LogP contribution is 2.35. The number of anilines is 1. The van der Waals surface area contributed by atoms with Gasteiger partial charge >= 0.3 is 0 Å². The molecule has 1 aliphatic heterocycles. The van der Waals surface area contributed by atoms with E-state index < -0.39 is 18.2 Å². The third-order valence-electron chi connectivity index (χ3n) is 3.66. The van der Waals surface area contributed by atoms with Crippen LogP contribution in [0.1, 0.15) is 6.42 Å². The number of ether oxygens (including phenoxy) is 2. The third kappa shape index (κ3) is 3.83. The van der Waals surface area contributed by atoms with E-state index in [2.05, 4.69) is 29.1 Å². The minimum atomic E-state index is -0.781. The monoisotopic (exact) mass is 381 g/mol. The second-order valence-corrected chi connectivity index (χ2v) is 6.35. The minimum absolute atomic E-state index is 0.179. The molecule has 0 spiro atoms. The van der Waals surface area contributed by atoms with Crippen molar-refractivity contribution in [1.82, 2.24) is 0 Å². The largest absolute Gasteiger partial charge is 0.497 e. The molecule has 1 aromatic rings. The molecule has 23 heavy (non-hydrogen) atoms. The van der Waals surface area contributed by atoms with Crippen molar-refractivity contribution in [1.29, 1.82) is 0 Å². The van der Waals surface area contributed by atoms with E-state index in [9.17, 15) is 9.90 Å². The molecule has 0 bridgehead atoms. The van der Waals surface area contributed by atoms with Gasteiger partial charge in [-0.05, 0) is 28.7 Å². The zero-order valence-electron chi connectivity index (χ0n) is 12.9. The van der Waals surface area contributed by atoms with Gasteiger partial charge in [0.2, 0.25) is 0 Å². The van der Waals surface area contributed by atoms with Gasteiger partial charge in [0.1, 0.15) is 5.75 Å². The normalized spacial score (nSPS) is 21.5. The minimum Gasteiger partial charge on any atom is -0.497 e. The van der Waals surface area contributed by atoms with Crippen molar-refractivity contribution in [3.63, 3.8) is 0 Å². The lowest BCUT2D eigenvalue weighted by molar-refractivity contribution is -0.145. The van der Waals surface area contributed by atoms with Crippen LogP contribution < -0.4 is 9.64 Å². The number of benzene rings is 1. The van der Waals surface area contributed by atoms with Crippen LogP contribution in [-0.2, 0) is 9.53 Å². The Balaban J connectivity index is 2.22. The highest BCUT2D eigenvalue weighted by atomic mass is 79.9. The number of rotatable bonds is 8. The fraction of sp³-hybridized carbons (Fsp3) is 0.353. The standard InChI is InChI=1S/C17H20BrNO4/c1-4-9-23-16-15(14(20)10-11(2)18)19(17(16)21)12-5-7-13(22-3)8-6-12/h4-8,14-16,20H,1-2,9-10H2,3H3/t14-,15+,16-/m1/s1. The maximum Gasteiger partial charge on any atom is 0.258 e. The molecule has 1 amide bonds. The van der Waals surface area contributed by atoms with Gasteiger partial charge in [-0.25, -0.2) is 0 Å². The predicted octanol–water partition coefficient (Wildman–Crippen LogP) is 2.64. The molecular weight excluding hydrogens is 362 g/mol. The maximum atomic E-state index is 12.4. The van der Waals surface area contributed by atoms with Crippen LogP contribution in [-0.4, -0.2) is 43.0 Å². The first-order valence-electron chi connectivity index (χ1n) is 7.20. The van der Waals surface area contributed by atoms with E-state index in [1.54, 1.807) is 42.4 Å². The number of carbonyl (C=O) groups excluding carboxylic acids is 1. The number of halogens is 1. The summed E-state index contributed by atoms with van der Waals surface area (Å²) in [6.45, 7) is 7.58. The quantitative estimate of drug-likeness (QED) is 0.555. The molecule has 1 N–H and O–H groups in total. The van der Waals surface area contributed by atoms with Crippen LogP contribution in [0.4, 0.5) is 5.69 Å². The van der Waals surface area contributed by atoms with E-state index in [1.807, 2.05) is 0 Å². The van der Waals surface area contributed by atoms with Gasteiger partial charge in [-0.2, -0.15) is 0 Å². The lowest BCUT2D eigenvalue weighted by Crippen LogP contribution is -2.70. The zero-order chi connectivity index (χ0) is 17.0. The Morgan fingerprint density at radius 1 is 1.48 bits per heavy atom. The van der Waals surface area contributed by atoms with E-state index >= 15 is 0 Å². The fourth-order valence-corrected chi connectivity index (χ4v) is 2.92. The second kappa shape index (κ2) is 7.77. The molecule has 0 saturated carbocycles. The number of β-lactam (4-membered cyclic amide) rings is 1. The molecule has 6 heteroatoms. The Labute approximate surface area is 144 Å². The van der Waals surface area contributed by atoms with Crippen LogP contribution in [0.25, 0.3) is 0 Å². The van der Waals surface area contributed by atoms with Crippen molar-refractivity contribution >= 4 is 27.5 Å². The van der Waals surface area contributed by atoms with E-state index in [0.29, 0.717) is 22.3 Å². The molecule has 1 fully saturated rings. The number of aliphatic hydroxyl groups excluding tert-OH is 1. The summed E-state index contributed by atoms with van der Waals surface area (Å²) in [6, 6.07) is 6.64. The number of hydrogen-bond acceptors (Lipinski definition) is 4. The van der Waals surface area contributed by atoms with Crippen LogP contribution in [0.2, 0.25) is 0 Å².